The molecular weight excluding hydrogens is 90.1 g/mol. The Hall–Kier alpha value is -0.500. The van der Waals surface area contributed by atoms with Crippen molar-refractivity contribution in [3.8, 4) is 0 Å². The largest absolute Gasteiger partial charge is 0.291 e. The Kier molecular flexibility index (Phi) is 2.45. The van der Waals surface area contributed by atoms with E-state index in [1.165, 1.54) is 0 Å². The maximum atomic E-state index is 8.16. The maximum absolute atomic E-state index is 8.16. The molecule has 0 heterocycles. The fourth-order valence-electron chi connectivity index (χ4n) is 0.129. The van der Waals surface area contributed by atoms with Gasteiger partial charge in [0.25, 0.3) is 0 Å². The third-order valence-corrected chi connectivity index (χ3v) is 0.841. The van der Waals surface area contributed by atoms with E-state index < -0.39 is 0 Å². The topological polar surface area (TPSA) is 32.3 Å². The van der Waals surface area contributed by atoms with E-state index in [4.69, 9.17) is 5.21 Å². The van der Waals surface area contributed by atoms with Gasteiger partial charge >= 0.3 is 0 Å². The summed E-state index contributed by atoms with van der Waals surface area (Å²) >= 11 is 0. The van der Waals surface area contributed by atoms with Gasteiger partial charge in [0.2, 0.25) is 0 Å². The van der Waals surface area contributed by atoms with Gasteiger partial charge in [-0.1, -0.05) is 20.4 Å². The average Bonchev–Trinajstić information content (AvgIpc) is 1.65. The standard InChI is InChI=1S/C5H11NO.2H2/c1-4(2)5(3)6-7;;/h4,6-7H,3H2,1-2H3;2*1H. The number of hydrogen-bond donors (Lipinski definition) is 2. The van der Waals surface area contributed by atoms with E-state index in [0.29, 0.717) is 11.6 Å². The number of hydroxylamine groups is 1. The van der Waals surface area contributed by atoms with Crippen LogP contribution in [0.2, 0.25) is 0 Å². The van der Waals surface area contributed by atoms with Crippen molar-refractivity contribution in [3.05, 3.63) is 12.3 Å². The number of allylic oxidation sites excluding steroid dienone is 1. The van der Waals surface area contributed by atoms with Gasteiger partial charge in [0.1, 0.15) is 0 Å². The molecule has 0 aliphatic heterocycles. The van der Waals surface area contributed by atoms with Crippen molar-refractivity contribution in [3.63, 3.8) is 0 Å². The van der Waals surface area contributed by atoms with Crippen molar-refractivity contribution >= 4 is 0 Å². The summed E-state index contributed by atoms with van der Waals surface area (Å²) in [7, 11) is 0. The highest BCUT2D eigenvalue weighted by Gasteiger charge is 1.93. The maximum Gasteiger partial charge on any atom is 0.0329 e. The van der Waals surface area contributed by atoms with Crippen LogP contribution in [0.15, 0.2) is 12.3 Å². The average molecular weight is 105 g/mol. The monoisotopic (exact) mass is 105 g/mol. The van der Waals surface area contributed by atoms with Crippen LogP contribution in [0, 0.1) is 5.92 Å². The lowest BCUT2D eigenvalue weighted by Gasteiger charge is -2.04. The second-order valence-electron chi connectivity index (χ2n) is 1.79. The molecule has 0 fully saturated rings. The molecule has 2 nitrogen and oxygen atoms in total. The minimum Gasteiger partial charge on any atom is -0.291 e. The normalized spacial score (nSPS) is 9.14. The molecule has 0 aliphatic carbocycles. The van der Waals surface area contributed by atoms with E-state index in [1.807, 2.05) is 19.3 Å². The number of nitrogens with one attached hydrogen (secondary N) is 1. The minimum absolute atomic E-state index is 0. The molecule has 0 aliphatic rings. The Bertz CT molecular complexity index is 75.4. The SMILES string of the molecule is C=C(NO)C(C)C.[HH].[HH]. The van der Waals surface area contributed by atoms with Gasteiger partial charge < -0.3 is 0 Å². The Labute approximate surface area is 46.8 Å². The first-order valence-corrected chi connectivity index (χ1v) is 2.27. The van der Waals surface area contributed by atoms with Crippen LogP contribution in [0.25, 0.3) is 0 Å². The third-order valence-electron chi connectivity index (χ3n) is 0.841. The summed E-state index contributed by atoms with van der Waals surface area (Å²) in [6.07, 6.45) is 0. The molecule has 0 aromatic heterocycles. The zero-order valence-corrected chi connectivity index (χ0v) is 4.73. The number of rotatable bonds is 2. The van der Waals surface area contributed by atoms with Gasteiger partial charge in [0.05, 0.1) is 0 Å². The van der Waals surface area contributed by atoms with Crippen molar-refractivity contribution in [2.24, 2.45) is 5.92 Å². The quantitative estimate of drug-likeness (QED) is 0.523. The van der Waals surface area contributed by atoms with Crippen LogP contribution in [0.4, 0.5) is 0 Å². The second kappa shape index (κ2) is 2.64. The lowest BCUT2D eigenvalue weighted by molar-refractivity contribution is 0.189. The summed E-state index contributed by atoms with van der Waals surface area (Å²) in [5, 5.41) is 8.16. The molecular formula is C5H15NO. The predicted molar refractivity (Wildman–Crippen MR) is 33.1 cm³/mol. The lowest BCUT2D eigenvalue weighted by Crippen LogP contribution is -2.10. The Morgan fingerprint density at radius 1 is 1.86 bits per heavy atom. The highest BCUT2D eigenvalue weighted by molar-refractivity contribution is 4.90. The van der Waals surface area contributed by atoms with Crippen molar-refractivity contribution < 1.29 is 8.06 Å². The molecule has 0 aromatic rings. The molecule has 0 unspecified atom stereocenters. The highest BCUT2D eigenvalue weighted by Crippen LogP contribution is 1.99. The highest BCUT2D eigenvalue weighted by atomic mass is 16.5. The van der Waals surface area contributed by atoms with Crippen LogP contribution in [0.3, 0.4) is 0 Å². The first-order valence-electron chi connectivity index (χ1n) is 2.27. The molecule has 0 aromatic carbocycles. The molecule has 0 saturated carbocycles. The van der Waals surface area contributed by atoms with Gasteiger partial charge in [-0.25, -0.2) is 0 Å². The van der Waals surface area contributed by atoms with Gasteiger partial charge in [-0.2, -0.15) is 0 Å². The van der Waals surface area contributed by atoms with E-state index in [0.717, 1.165) is 0 Å². The molecule has 46 valence electrons. The van der Waals surface area contributed by atoms with Gasteiger partial charge in [-0.05, 0) is 5.92 Å². The molecule has 0 bridgehead atoms. The molecule has 0 radical (unpaired) electrons. The van der Waals surface area contributed by atoms with E-state index in [1.54, 1.807) is 0 Å². The molecule has 0 spiro atoms. The summed E-state index contributed by atoms with van der Waals surface area (Å²) in [5.41, 5.74) is 2.62. The lowest BCUT2D eigenvalue weighted by atomic mass is 10.2. The Morgan fingerprint density at radius 2 is 2.29 bits per heavy atom. The summed E-state index contributed by atoms with van der Waals surface area (Å²) in [6, 6.07) is 0. The van der Waals surface area contributed by atoms with Crippen LogP contribution in [-0.4, -0.2) is 5.21 Å². The molecule has 0 amide bonds. The molecule has 7 heavy (non-hydrogen) atoms. The van der Waals surface area contributed by atoms with E-state index in [-0.39, 0.29) is 2.85 Å². The number of hydrogen-bond acceptors (Lipinski definition) is 2. The van der Waals surface area contributed by atoms with Crippen LogP contribution in [0.5, 0.6) is 0 Å². The van der Waals surface area contributed by atoms with Gasteiger partial charge in [0.15, 0.2) is 0 Å². The van der Waals surface area contributed by atoms with Gasteiger partial charge in [-0.3, -0.25) is 10.7 Å². The molecule has 0 saturated heterocycles. The minimum atomic E-state index is 0. The van der Waals surface area contributed by atoms with Crippen molar-refractivity contribution in [1.82, 2.24) is 5.48 Å². The van der Waals surface area contributed by atoms with Crippen molar-refractivity contribution in [2.75, 3.05) is 0 Å². The first-order chi connectivity index (χ1) is 3.18. The van der Waals surface area contributed by atoms with Crippen molar-refractivity contribution in [1.29, 1.82) is 0 Å². The molecule has 0 atom stereocenters. The Balaban J connectivity index is -0.000000180. The van der Waals surface area contributed by atoms with Crippen molar-refractivity contribution in [2.45, 2.75) is 13.8 Å². The van der Waals surface area contributed by atoms with Gasteiger partial charge in [0, 0.05) is 8.55 Å². The van der Waals surface area contributed by atoms with E-state index in [2.05, 4.69) is 6.58 Å². The summed E-state index contributed by atoms with van der Waals surface area (Å²) in [4.78, 5) is 0. The molecule has 2 heteroatoms. The van der Waals surface area contributed by atoms with Crippen LogP contribution < -0.4 is 5.48 Å². The van der Waals surface area contributed by atoms with Gasteiger partial charge in [-0.15, -0.1) is 0 Å². The fourth-order valence-corrected chi connectivity index (χ4v) is 0.129. The fraction of sp³-hybridized carbons (Fsp3) is 0.600. The van der Waals surface area contributed by atoms with Crippen LogP contribution in [0.1, 0.15) is 16.7 Å². The first kappa shape index (κ1) is 6.50. The molecule has 2 N–H and O–H groups in total. The summed E-state index contributed by atoms with van der Waals surface area (Å²) in [6.45, 7) is 7.41. The molecule has 0 rings (SSSR count). The van der Waals surface area contributed by atoms with E-state index >= 15 is 0 Å². The smallest absolute Gasteiger partial charge is 0.0329 e. The Morgan fingerprint density at radius 3 is 2.29 bits per heavy atom. The zero-order valence-electron chi connectivity index (χ0n) is 4.73. The second-order valence-corrected chi connectivity index (χ2v) is 1.79. The predicted octanol–water partition coefficient (Wildman–Crippen LogP) is 1.63. The third kappa shape index (κ3) is 2.23. The van der Waals surface area contributed by atoms with Crippen LogP contribution >= 0.6 is 0 Å². The zero-order chi connectivity index (χ0) is 5.86. The summed E-state index contributed by atoms with van der Waals surface area (Å²) < 4.78 is 0. The van der Waals surface area contributed by atoms with Crippen LogP contribution in [-0.2, 0) is 0 Å². The summed E-state index contributed by atoms with van der Waals surface area (Å²) in [5.74, 6) is 0.310. The van der Waals surface area contributed by atoms with E-state index in [9.17, 15) is 0 Å².